The number of aliphatic hydroxyl groups excluding tert-OH is 1. The summed E-state index contributed by atoms with van der Waals surface area (Å²) in [6, 6.07) is 2.61. The monoisotopic (exact) mass is 280 g/mol. The molecule has 1 aliphatic carbocycles. The van der Waals surface area contributed by atoms with Gasteiger partial charge in [0.15, 0.2) is 0 Å². The number of amides is 1. The molecule has 0 atom stereocenters. The number of aliphatic hydroxyl groups is 1. The van der Waals surface area contributed by atoms with Gasteiger partial charge < -0.3 is 10.0 Å². The molecule has 1 amide bonds. The average Bonchev–Trinajstić information content (AvgIpc) is 2.40. The Balaban J connectivity index is 2.89. The third-order valence-corrected chi connectivity index (χ3v) is 4.31. The fourth-order valence-electron chi connectivity index (χ4n) is 3.02. The van der Waals surface area contributed by atoms with E-state index in [0.717, 1.165) is 32.1 Å². The van der Waals surface area contributed by atoms with Gasteiger partial charge in [-0.3, -0.25) is 4.79 Å². The van der Waals surface area contributed by atoms with Crippen LogP contribution in [0, 0.1) is 16.7 Å². The summed E-state index contributed by atoms with van der Waals surface area (Å²) >= 11 is 0. The fourth-order valence-corrected chi connectivity index (χ4v) is 3.02. The number of hydrogen-bond donors (Lipinski definition) is 1. The second kappa shape index (κ2) is 8.26. The molecule has 0 bridgehead atoms. The van der Waals surface area contributed by atoms with E-state index < -0.39 is 5.41 Å². The van der Waals surface area contributed by atoms with Crippen molar-refractivity contribution in [3.05, 3.63) is 0 Å². The lowest BCUT2D eigenvalue weighted by Gasteiger charge is -2.41. The summed E-state index contributed by atoms with van der Waals surface area (Å²) in [6.07, 6.45) is 6.80. The number of carbonyl (C=O) groups is 1. The molecule has 0 aromatic heterocycles. The van der Waals surface area contributed by atoms with E-state index in [9.17, 15) is 10.1 Å². The molecule has 20 heavy (non-hydrogen) atoms. The van der Waals surface area contributed by atoms with E-state index in [2.05, 4.69) is 6.07 Å². The van der Waals surface area contributed by atoms with Crippen molar-refractivity contribution in [3.8, 4) is 6.07 Å². The van der Waals surface area contributed by atoms with E-state index >= 15 is 0 Å². The van der Waals surface area contributed by atoms with Crippen LogP contribution >= 0.6 is 0 Å². The van der Waals surface area contributed by atoms with E-state index in [1.165, 1.54) is 0 Å². The van der Waals surface area contributed by atoms with Crippen LogP contribution in [-0.4, -0.2) is 35.1 Å². The zero-order valence-electron chi connectivity index (χ0n) is 12.9. The van der Waals surface area contributed by atoms with Gasteiger partial charge in [-0.25, -0.2) is 0 Å². The van der Waals surface area contributed by atoms with Crippen LogP contribution < -0.4 is 0 Å². The van der Waals surface area contributed by atoms with Gasteiger partial charge in [0.25, 0.3) is 0 Å². The molecule has 1 fully saturated rings. The first-order chi connectivity index (χ1) is 9.65. The largest absolute Gasteiger partial charge is 0.396 e. The van der Waals surface area contributed by atoms with Crippen LogP contribution in [0.5, 0.6) is 0 Å². The van der Waals surface area contributed by atoms with Crippen molar-refractivity contribution in [1.29, 1.82) is 5.26 Å². The van der Waals surface area contributed by atoms with Gasteiger partial charge in [0.1, 0.15) is 5.41 Å². The Kier molecular flexibility index (Phi) is 7.01. The third kappa shape index (κ3) is 3.73. The summed E-state index contributed by atoms with van der Waals surface area (Å²) in [4.78, 5) is 14.8. The molecular weight excluding hydrogens is 252 g/mol. The summed E-state index contributed by atoms with van der Waals surface area (Å²) in [7, 11) is 0. The first-order valence-corrected chi connectivity index (χ1v) is 7.98. The summed E-state index contributed by atoms with van der Waals surface area (Å²) in [5.74, 6) is 0.00171. The van der Waals surface area contributed by atoms with Crippen molar-refractivity contribution in [2.45, 2.75) is 71.3 Å². The second-order valence-electron chi connectivity index (χ2n) is 5.85. The smallest absolute Gasteiger partial charge is 0.243 e. The van der Waals surface area contributed by atoms with Crippen molar-refractivity contribution in [2.75, 3.05) is 13.2 Å². The molecule has 1 saturated carbocycles. The molecule has 1 N–H and O–H groups in total. The third-order valence-electron chi connectivity index (χ3n) is 4.31. The van der Waals surface area contributed by atoms with Gasteiger partial charge >= 0.3 is 0 Å². The average molecular weight is 280 g/mol. The number of carbonyl (C=O) groups excluding carboxylic acids is 1. The van der Waals surface area contributed by atoms with Crippen LogP contribution in [0.2, 0.25) is 0 Å². The van der Waals surface area contributed by atoms with E-state index in [1.807, 2.05) is 18.7 Å². The summed E-state index contributed by atoms with van der Waals surface area (Å²) < 4.78 is 0. The Bertz CT molecular complexity index is 339. The minimum atomic E-state index is -0.853. The van der Waals surface area contributed by atoms with E-state index in [1.54, 1.807) is 0 Å². The molecule has 4 nitrogen and oxygen atoms in total. The predicted octanol–water partition coefficient (Wildman–Crippen LogP) is 2.86. The normalized spacial score (nSPS) is 15.5. The lowest BCUT2D eigenvalue weighted by molar-refractivity contribution is -0.144. The van der Waals surface area contributed by atoms with E-state index in [-0.39, 0.29) is 18.6 Å². The van der Waals surface area contributed by atoms with Gasteiger partial charge in [-0.1, -0.05) is 26.7 Å². The zero-order valence-corrected chi connectivity index (χ0v) is 12.9. The molecule has 0 saturated heterocycles. The summed E-state index contributed by atoms with van der Waals surface area (Å²) in [5, 5.41) is 18.6. The highest BCUT2D eigenvalue weighted by Gasteiger charge is 2.42. The molecule has 4 heteroatoms. The molecule has 1 rings (SSSR count). The van der Waals surface area contributed by atoms with Crippen LogP contribution in [0.15, 0.2) is 0 Å². The van der Waals surface area contributed by atoms with Gasteiger partial charge in [0, 0.05) is 19.2 Å². The highest BCUT2D eigenvalue weighted by atomic mass is 16.3. The molecule has 0 heterocycles. The molecule has 0 unspecified atom stereocenters. The topological polar surface area (TPSA) is 64.3 Å². The highest BCUT2D eigenvalue weighted by molar-refractivity contribution is 5.85. The number of hydrogen-bond acceptors (Lipinski definition) is 3. The number of nitrogens with zero attached hydrogens (tertiary/aromatic N) is 2. The van der Waals surface area contributed by atoms with Gasteiger partial charge in [0.2, 0.25) is 5.91 Å². The van der Waals surface area contributed by atoms with Crippen molar-refractivity contribution in [1.82, 2.24) is 4.90 Å². The molecule has 0 aromatic carbocycles. The predicted molar refractivity (Wildman–Crippen MR) is 78.9 cm³/mol. The maximum Gasteiger partial charge on any atom is 0.243 e. The molecule has 0 radical (unpaired) electrons. The highest BCUT2D eigenvalue weighted by Crippen LogP contribution is 2.35. The molecule has 0 spiro atoms. The van der Waals surface area contributed by atoms with Crippen LogP contribution in [0.4, 0.5) is 0 Å². The van der Waals surface area contributed by atoms with Crippen molar-refractivity contribution in [3.63, 3.8) is 0 Å². The number of nitriles is 1. The van der Waals surface area contributed by atoms with E-state index in [4.69, 9.17) is 5.11 Å². The lowest BCUT2D eigenvalue weighted by Crippen LogP contribution is -2.51. The quantitative estimate of drug-likeness (QED) is 0.706. The van der Waals surface area contributed by atoms with Gasteiger partial charge in [-0.2, -0.15) is 5.26 Å². The van der Waals surface area contributed by atoms with Gasteiger partial charge in [-0.15, -0.1) is 0 Å². The second-order valence-corrected chi connectivity index (χ2v) is 5.85. The fraction of sp³-hybridized carbons (Fsp3) is 0.875. The molecule has 0 aromatic rings. The van der Waals surface area contributed by atoms with Crippen LogP contribution in [0.25, 0.3) is 0 Å². The maximum absolute atomic E-state index is 12.9. The lowest BCUT2D eigenvalue weighted by atomic mass is 9.78. The summed E-state index contributed by atoms with van der Waals surface area (Å²) in [5.41, 5.74) is -0.853. The molecule has 1 aliphatic rings. The Labute approximate surface area is 122 Å². The maximum atomic E-state index is 12.9. The van der Waals surface area contributed by atoms with Crippen molar-refractivity contribution >= 4 is 5.91 Å². The minimum Gasteiger partial charge on any atom is -0.396 e. The Morgan fingerprint density at radius 3 is 2.30 bits per heavy atom. The van der Waals surface area contributed by atoms with Crippen LogP contribution in [0.3, 0.4) is 0 Å². The van der Waals surface area contributed by atoms with Crippen LogP contribution in [0.1, 0.15) is 65.2 Å². The van der Waals surface area contributed by atoms with Gasteiger partial charge in [0.05, 0.1) is 6.07 Å². The molecule has 114 valence electrons. The van der Waals surface area contributed by atoms with Crippen molar-refractivity contribution in [2.24, 2.45) is 5.41 Å². The Morgan fingerprint density at radius 1 is 1.35 bits per heavy atom. The summed E-state index contributed by atoms with van der Waals surface area (Å²) in [6.45, 7) is 4.72. The van der Waals surface area contributed by atoms with Crippen LogP contribution in [-0.2, 0) is 4.79 Å². The standard InChI is InChI=1S/C16H28N2O2/c1-3-9-16(13-17,10-4-2)15(20)18(11-6-12-19)14-7-5-8-14/h14,19H,3-12H2,1-2H3. The van der Waals surface area contributed by atoms with E-state index in [0.29, 0.717) is 25.8 Å². The first-order valence-electron chi connectivity index (χ1n) is 7.98. The zero-order chi connectivity index (χ0) is 15.0. The molecule has 0 aliphatic heterocycles. The van der Waals surface area contributed by atoms with Crippen molar-refractivity contribution < 1.29 is 9.90 Å². The first kappa shape index (κ1) is 17.0. The SMILES string of the molecule is CCCC(C#N)(CCC)C(=O)N(CCCO)C1CCC1. The van der Waals surface area contributed by atoms with Gasteiger partial charge in [-0.05, 0) is 38.5 Å². The molecular formula is C16H28N2O2. The Hall–Kier alpha value is -1.08. The number of rotatable bonds is 9. The minimum absolute atomic E-state index is 0.00171. The Morgan fingerprint density at radius 2 is 1.95 bits per heavy atom.